The van der Waals surface area contributed by atoms with Crippen molar-refractivity contribution >= 4 is 5.96 Å². The third-order valence-corrected chi connectivity index (χ3v) is 8.18. The molecule has 0 aromatic rings. The van der Waals surface area contributed by atoms with Gasteiger partial charge in [0.05, 0.1) is 6.10 Å². The molecule has 2 heterocycles. The number of rotatable bonds is 1. The van der Waals surface area contributed by atoms with Crippen LogP contribution in [0.5, 0.6) is 0 Å². The summed E-state index contributed by atoms with van der Waals surface area (Å²) in [5.41, 5.74) is 1.04. The minimum Gasteiger partial charge on any atom is -0.377 e. The Kier molecular flexibility index (Phi) is 3.62. The van der Waals surface area contributed by atoms with Crippen LogP contribution < -0.4 is 5.32 Å². The van der Waals surface area contributed by atoms with Crippen LogP contribution in [0.3, 0.4) is 0 Å². The monoisotopic (exact) mass is 331 g/mol. The van der Waals surface area contributed by atoms with Gasteiger partial charge >= 0.3 is 0 Å². The number of hydrogen-bond acceptors (Lipinski definition) is 2. The smallest absolute Gasteiger partial charge is 0.193 e. The van der Waals surface area contributed by atoms with Gasteiger partial charge in [-0.2, -0.15) is 0 Å². The molecule has 3 unspecified atom stereocenters. The second-order valence-electron chi connectivity index (χ2n) is 9.23. The van der Waals surface area contributed by atoms with Crippen LogP contribution in [-0.4, -0.2) is 49.7 Å². The summed E-state index contributed by atoms with van der Waals surface area (Å²) in [5, 5.41) is 3.93. The molecule has 4 heteroatoms. The summed E-state index contributed by atoms with van der Waals surface area (Å²) >= 11 is 0. The number of nitrogens with one attached hydrogen (secondary N) is 1. The Morgan fingerprint density at radius 2 is 1.92 bits per heavy atom. The quantitative estimate of drug-likeness (QED) is 0.592. The highest BCUT2D eigenvalue weighted by Gasteiger charge is 2.67. The van der Waals surface area contributed by atoms with Crippen LogP contribution in [0.25, 0.3) is 0 Å². The lowest BCUT2D eigenvalue weighted by Gasteiger charge is -2.63. The lowest BCUT2D eigenvalue weighted by Crippen LogP contribution is -2.72. The average molecular weight is 332 g/mol. The van der Waals surface area contributed by atoms with Crippen molar-refractivity contribution in [2.45, 2.75) is 76.4 Å². The van der Waals surface area contributed by atoms with Crippen molar-refractivity contribution in [2.75, 3.05) is 26.7 Å². The van der Waals surface area contributed by atoms with Crippen LogP contribution in [0.1, 0.15) is 64.2 Å². The average Bonchev–Trinajstić information content (AvgIpc) is 3.14. The second kappa shape index (κ2) is 5.62. The van der Waals surface area contributed by atoms with Crippen LogP contribution in [-0.2, 0) is 4.74 Å². The van der Waals surface area contributed by atoms with Crippen molar-refractivity contribution in [1.29, 1.82) is 0 Å². The van der Waals surface area contributed by atoms with Gasteiger partial charge in [-0.3, -0.25) is 4.99 Å². The number of hydrogen-bond donors (Lipinski definition) is 1. The fourth-order valence-electron chi connectivity index (χ4n) is 6.72. The van der Waals surface area contributed by atoms with E-state index in [0.29, 0.717) is 23.0 Å². The first kappa shape index (κ1) is 15.5. The molecule has 0 radical (unpaired) electrons. The van der Waals surface area contributed by atoms with Gasteiger partial charge in [0.2, 0.25) is 0 Å². The number of fused-ring (bicyclic) bond motifs is 2. The predicted octanol–water partition coefficient (Wildman–Crippen LogP) is 3.18. The Morgan fingerprint density at radius 3 is 2.62 bits per heavy atom. The Hall–Kier alpha value is -0.770. The molecule has 0 amide bonds. The Morgan fingerprint density at radius 1 is 1.08 bits per heavy atom. The van der Waals surface area contributed by atoms with Crippen molar-refractivity contribution in [3.8, 4) is 0 Å². The van der Waals surface area contributed by atoms with E-state index in [9.17, 15) is 0 Å². The van der Waals surface area contributed by atoms with E-state index in [0.717, 1.165) is 12.5 Å². The van der Waals surface area contributed by atoms with E-state index in [1.54, 1.807) is 0 Å². The molecule has 4 nitrogen and oxygen atoms in total. The molecule has 0 bridgehead atoms. The zero-order valence-corrected chi connectivity index (χ0v) is 15.2. The number of aliphatic imine (C=N–C) groups is 1. The van der Waals surface area contributed by atoms with E-state index in [-0.39, 0.29) is 0 Å². The topological polar surface area (TPSA) is 36.9 Å². The molecule has 2 aliphatic heterocycles. The second-order valence-corrected chi connectivity index (χ2v) is 9.23. The van der Waals surface area contributed by atoms with Gasteiger partial charge in [-0.15, -0.1) is 0 Å². The number of nitrogens with zero attached hydrogens (tertiary/aromatic N) is 2. The third-order valence-electron chi connectivity index (χ3n) is 8.18. The number of guanidine groups is 1. The van der Waals surface area contributed by atoms with E-state index in [2.05, 4.69) is 10.2 Å². The highest BCUT2D eigenvalue weighted by Crippen LogP contribution is 2.62. The van der Waals surface area contributed by atoms with Gasteiger partial charge in [0.25, 0.3) is 0 Å². The molecule has 3 saturated carbocycles. The zero-order chi connectivity index (χ0) is 16.2. The maximum Gasteiger partial charge on any atom is 0.193 e. The summed E-state index contributed by atoms with van der Waals surface area (Å²) in [6.07, 6.45) is 14.4. The summed E-state index contributed by atoms with van der Waals surface area (Å²) in [6.45, 7) is 3.40. The summed E-state index contributed by atoms with van der Waals surface area (Å²) < 4.78 is 6.08. The first-order valence-corrected chi connectivity index (χ1v) is 10.4. The molecule has 5 rings (SSSR count). The van der Waals surface area contributed by atoms with Gasteiger partial charge in [0.1, 0.15) is 0 Å². The standard InChI is InChI=1S/C20H33N3O/c1-21-18(23-12-11-19(14-23)7-3-2-4-8-19)22-16-15-6-13-24-17(15)20(16)9-5-10-20/h15-17H,2-14H2,1H3,(H,21,22). The Bertz CT molecular complexity index is 521. The number of ether oxygens (including phenoxy) is 1. The van der Waals surface area contributed by atoms with Crippen LogP contribution in [0.2, 0.25) is 0 Å². The first-order chi connectivity index (χ1) is 11.8. The van der Waals surface area contributed by atoms with Gasteiger partial charge < -0.3 is 15.0 Å². The summed E-state index contributed by atoms with van der Waals surface area (Å²) in [6, 6.07) is 0.611. The number of likely N-dealkylation sites (tertiary alicyclic amines) is 1. The van der Waals surface area contributed by atoms with Crippen LogP contribution in [0.15, 0.2) is 4.99 Å². The van der Waals surface area contributed by atoms with E-state index < -0.39 is 0 Å². The Labute approximate surface area is 146 Å². The molecule has 3 atom stereocenters. The van der Waals surface area contributed by atoms with Gasteiger partial charge in [0.15, 0.2) is 5.96 Å². The third kappa shape index (κ3) is 2.11. The van der Waals surface area contributed by atoms with E-state index in [1.807, 2.05) is 7.05 Å². The largest absolute Gasteiger partial charge is 0.377 e. The molecule has 134 valence electrons. The van der Waals surface area contributed by atoms with Gasteiger partial charge in [-0.1, -0.05) is 25.7 Å². The van der Waals surface area contributed by atoms with Crippen molar-refractivity contribution in [2.24, 2.45) is 21.7 Å². The molecule has 1 N–H and O–H groups in total. The van der Waals surface area contributed by atoms with Crippen LogP contribution in [0.4, 0.5) is 0 Å². The molecule has 2 spiro atoms. The lowest BCUT2D eigenvalue weighted by atomic mass is 9.46. The zero-order valence-electron chi connectivity index (χ0n) is 15.2. The highest BCUT2D eigenvalue weighted by molar-refractivity contribution is 5.81. The molecule has 24 heavy (non-hydrogen) atoms. The maximum atomic E-state index is 6.08. The molecule has 0 aromatic heterocycles. The summed E-state index contributed by atoms with van der Waals surface area (Å²) in [5.74, 6) is 1.91. The highest BCUT2D eigenvalue weighted by atomic mass is 16.5. The molecule has 5 aliphatic rings. The molecule has 2 saturated heterocycles. The molecular formula is C20H33N3O. The molecule has 3 aliphatic carbocycles. The Balaban J connectivity index is 1.28. The normalized spacial score (nSPS) is 39.6. The van der Waals surface area contributed by atoms with Crippen molar-refractivity contribution in [3.05, 3.63) is 0 Å². The van der Waals surface area contributed by atoms with Crippen molar-refractivity contribution < 1.29 is 4.74 Å². The van der Waals surface area contributed by atoms with E-state index in [4.69, 9.17) is 9.73 Å². The minimum absolute atomic E-state index is 0.444. The fraction of sp³-hybridized carbons (Fsp3) is 0.950. The van der Waals surface area contributed by atoms with E-state index >= 15 is 0 Å². The molecular weight excluding hydrogens is 298 g/mol. The molecule has 5 fully saturated rings. The SMILES string of the molecule is CN=C(NC1C2CCOC2C12CCC2)N1CCC2(CCCCC2)C1. The van der Waals surface area contributed by atoms with Crippen molar-refractivity contribution in [1.82, 2.24) is 10.2 Å². The van der Waals surface area contributed by atoms with Crippen LogP contribution in [0, 0.1) is 16.7 Å². The lowest BCUT2D eigenvalue weighted by molar-refractivity contribution is -0.171. The van der Waals surface area contributed by atoms with E-state index in [1.165, 1.54) is 83.3 Å². The van der Waals surface area contributed by atoms with Gasteiger partial charge in [-0.25, -0.2) is 0 Å². The summed E-state index contributed by atoms with van der Waals surface area (Å²) in [7, 11) is 1.98. The van der Waals surface area contributed by atoms with Gasteiger partial charge in [0, 0.05) is 44.1 Å². The fourth-order valence-corrected chi connectivity index (χ4v) is 6.72. The minimum atomic E-state index is 0.444. The molecule has 0 aromatic carbocycles. The maximum absolute atomic E-state index is 6.08. The van der Waals surface area contributed by atoms with Gasteiger partial charge in [-0.05, 0) is 43.9 Å². The van der Waals surface area contributed by atoms with Crippen LogP contribution >= 0.6 is 0 Å². The first-order valence-electron chi connectivity index (χ1n) is 10.4. The van der Waals surface area contributed by atoms with Crippen molar-refractivity contribution in [3.63, 3.8) is 0 Å². The summed E-state index contributed by atoms with van der Waals surface area (Å²) in [4.78, 5) is 7.27. The predicted molar refractivity (Wildman–Crippen MR) is 96.1 cm³/mol.